The van der Waals surface area contributed by atoms with Crippen LogP contribution in [-0.2, 0) is 4.74 Å². The summed E-state index contributed by atoms with van der Waals surface area (Å²) in [6.45, 7) is 3.31. The van der Waals surface area contributed by atoms with Crippen LogP contribution in [0.25, 0.3) is 0 Å². The lowest BCUT2D eigenvalue weighted by Crippen LogP contribution is -2.39. The molecule has 0 radical (unpaired) electrons. The summed E-state index contributed by atoms with van der Waals surface area (Å²) in [7, 11) is 1.99. The van der Waals surface area contributed by atoms with Gasteiger partial charge in [0.05, 0.1) is 12.6 Å². The molecule has 0 aromatic heterocycles. The molecule has 1 fully saturated rings. The van der Waals surface area contributed by atoms with Gasteiger partial charge in [-0.25, -0.2) is 0 Å². The number of ketones is 1. The van der Waals surface area contributed by atoms with Gasteiger partial charge in [-0.2, -0.15) is 0 Å². The molecule has 0 aliphatic carbocycles. The predicted molar refractivity (Wildman–Crippen MR) is 74.9 cm³/mol. The Hall–Kier alpha value is -0.710. The summed E-state index contributed by atoms with van der Waals surface area (Å²) < 4.78 is 6.52. The van der Waals surface area contributed by atoms with Crippen molar-refractivity contribution in [2.75, 3.05) is 20.2 Å². The highest BCUT2D eigenvalue weighted by molar-refractivity contribution is 9.10. The molecule has 18 heavy (non-hydrogen) atoms. The van der Waals surface area contributed by atoms with Crippen molar-refractivity contribution in [1.82, 2.24) is 4.90 Å². The number of carbonyl (C=O) groups is 1. The Morgan fingerprint density at radius 2 is 2.11 bits per heavy atom. The number of carbonyl (C=O) groups excluding carboxylic acids is 1. The molecule has 98 valence electrons. The summed E-state index contributed by atoms with van der Waals surface area (Å²) in [6.07, 6.45) is 1.22. The summed E-state index contributed by atoms with van der Waals surface area (Å²) >= 11 is 3.37. The summed E-state index contributed by atoms with van der Waals surface area (Å²) in [4.78, 5) is 14.2. The maximum atomic E-state index is 12.1. The van der Waals surface area contributed by atoms with Crippen molar-refractivity contribution in [3.05, 3.63) is 34.3 Å². The monoisotopic (exact) mass is 311 g/mol. The average Bonchev–Trinajstić information content (AvgIpc) is 2.76. The van der Waals surface area contributed by atoms with Gasteiger partial charge in [-0.3, -0.25) is 9.69 Å². The van der Waals surface area contributed by atoms with Crippen LogP contribution in [0.15, 0.2) is 28.7 Å². The third-order valence-electron chi connectivity index (χ3n) is 3.46. The number of benzene rings is 1. The fourth-order valence-corrected chi connectivity index (χ4v) is 2.63. The highest BCUT2D eigenvalue weighted by Gasteiger charge is 2.28. The molecule has 1 aliphatic rings. The molecule has 1 aliphatic heterocycles. The Kier molecular flexibility index (Phi) is 4.54. The normalized spacial score (nSPS) is 23.6. The van der Waals surface area contributed by atoms with E-state index in [1.54, 1.807) is 0 Å². The zero-order valence-corrected chi connectivity index (χ0v) is 12.3. The van der Waals surface area contributed by atoms with E-state index in [2.05, 4.69) is 27.8 Å². The molecule has 1 heterocycles. The van der Waals surface area contributed by atoms with Crippen LogP contribution in [0.3, 0.4) is 0 Å². The smallest absolute Gasteiger partial charge is 0.176 e. The Morgan fingerprint density at radius 1 is 1.44 bits per heavy atom. The van der Waals surface area contributed by atoms with E-state index in [0.29, 0.717) is 12.6 Å². The van der Waals surface area contributed by atoms with E-state index >= 15 is 0 Å². The van der Waals surface area contributed by atoms with Crippen LogP contribution < -0.4 is 0 Å². The van der Waals surface area contributed by atoms with Gasteiger partial charge in [-0.1, -0.05) is 28.1 Å². The van der Waals surface area contributed by atoms with Gasteiger partial charge >= 0.3 is 0 Å². The standard InChI is InChI=1S/C14H18BrNO2/c1-10-13(7-8-18-10)16(2)9-14(17)11-3-5-12(15)6-4-11/h3-6,10,13H,7-9H2,1-2H3. The van der Waals surface area contributed by atoms with E-state index in [9.17, 15) is 4.79 Å². The van der Waals surface area contributed by atoms with Crippen molar-refractivity contribution in [1.29, 1.82) is 0 Å². The molecule has 0 N–H and O–H groups in total. The zero-order valence-electron chi connectivity index (χ0n) is 10.7. The molecular weight excluding hydrogens is 294 g/mol. The van der Waals surface area contributed by atoms with Gasteiger partial charge in [0.25, 0.3) is 0 Å². The lowest BCUT2D eigenvalue weighted by molar-refractivity contribution is 0.0746. The van der Waals surface area contributed by atoms with Crippen LogP contribution in [0.2, 0.25) is 0 Å². The number of rotatable bonds is 4. The molecular formula is C14H18BrNO2. The van der Waals surface area contributed by atoms with Gasteiger partial charge in [-0.15, -0.1) is 0 Å². The molecule has 1 aromatic carbocycles. The first-order valence-corrected chi connectivity index (χ1v) is 6.98. The Labute approximate surface area is 116 Å². The lowest BCUT2D eigenvalue weighted by atomic mass is 10.1. The van der Waals surface area contributed by atoms with Crippen molar-refractivity contribution in [2.24, 2.45) is 0 Å². The molecule has 2 atom stereocenters. The summed E-state index contributed by atoms with van der Waals surface area (Å²) in [5.41, 5.74) is 0.761. The molecule has 0 bridgehead atoms. The van der Waals surface area contributed by atoms with E-state index in [-0.39, 0.29) is 11.9 Å². The van der Waals surface area contributed by atoms with Crippen molar-refractivity contribution >= 4 is 21.7 Å². The van der Waals surface area contributed by atoms with Crippen LogP contribution in [0.4, 0.5) is 0 Å². The van der Waals surface area contributed by atoms with Crippen LogP contribution in [0.5, 0.6) is 0 Å². The summed E-state index contributed by atoms with van der Waals surface area (Å²) in [5, 5.41) is 0. The third-order valence-corrected chi connectivity index (χ3v) is 3.99. The molecule has 0 spiro atoms. The van der Waals surface area contributed by atoms with E-state index < -0.39 is 0 Å². The number of hydrogen-bond acceptors (Lipinski definition) is 3. The number of hydrogen-bond donors (Lipinski definition) is 0. The van der Waals surface area contributed by atoms with Crippen molar-refractivity contribution in [3.63, 3.8) is 0 Å². The second-order valence-electron chi connectivity index (χ2n) is 4.78. The third kappa shape index (κ3) is 3.19. The van der Waals surface area contributed by atoms with Gasteiger partial charge in [0.15, 0.2) is 5.78 Å². The highest BCUT2D eigenvalue weighted by atomic mass is 79.9. The molecule has 4 heteroatoms. The largest absolute Gasteiger partial charge is 0.377 e. The number of ether oxygens (including phenoxy) is 1. The van der Waals surface area contributed by atoms with Gasteiger partial charge in [0.2, 0.25) is 0 Å². The first kappa shape index (κ1) is 13.7. The van der Waals surface area contributed by atoms with Gasteiger partial charge in [0.1, 0.15) is 0 Å². The van der Waals surface area contributed by atoms with E-state index in [1.165, 1.54) is 0 Å². The Bertz CT molecular complexity index is 418. The molecule has 2 unspecified atom stereocenters. The van der Waals surface area contributed by atoms with Crippen LogP contribution in [-0.4, -0.2) is 43.0 Å². The van der Waals surface area contributed by atoms with E-state index in [1.807, 2.05) is 31.3 Å². The summed E-state index contributed by atoms with van der Waals surface area (Å²) in [6, 6.07) is 7.86. The maximum Gasteiger partial charge on any atom is 0.176 e. The van der Waals surface area contributed by atoms with Crippen LogP contribution in [0.1, 0.15) is 23.7 Å². The van der Waals surface area contributed by atoms with E-state index in [4.69, 9.17) is 4.74 Å². The SMILES string of the molecule is CC1OCCC1N(C)CC(=O)c1ccc(Br)cc1. The van der Waals surface area contributed by atoms with Gasteiger partial charge < -0.3 is 4.74 Å². The number of nitrogens with zero attached hydrogens (tertiary/aromatic N) is 1. The van der Waals surface area contributed by atoms with Crippen molar-refractivity contribution in [3.8, 4) is 0 Å². The van der Waals surface area contributed by atoms with Crippen molar-refractivity contribution < 1.29 is 9.53 Å². The average molecular weight is 312 g/mol. The van der Waals surface area contributed by atoms with Crippen LogP contribution in [0, 0.1) is 0 Å². The Morgan fingerprint density at radius 3 is 2.67 bits per heavy atom. The lowest BCUT2D eigenvalue weighted by Gasteiger charge is -2.25. The molecule has 1 aromatic rings. The number of halogens is 1. The Balaban J connectivity index is 1.96. The highest BCUT2D eigenvalue weighted by Crippen LogP contribution is 2.18. The molecule has 0 saturated carbocycles. The molecule has 1 saturated heterocycles. The first-order valence-electron chi connectivity index (χ1n) is 6.18. The fraction of sp³-hybridized carbons (Fsp3) is 0.500. The first-order chi connectivity index (χ1) is 8.58. The topological polar surface area (TPSA) is 29.5 Å². The predicted octanol–water partition coefficient (Wildman–Crippen LogP) is 2.74. The van der Waals surface area contributed by atoms with Gasteiger partial charge in [-0.05, 0) is 32.5 Å². The maximum absolute atomic E-state index is 12.1. The minimum absolute atomic E-state index is 0.157. The van der Waals surface area contributed by atoms with Crippen LogP contribution >= 0.6 is 15.9 Å². The van der Waals surface area contributed by atoms with Crippen molar-refractivity contribution in [2.45, 2.75) is 25.5 Å². The van der Waals surface area contributed by atoms with Gasteiger partial charge in [0, 0.05) is 22.7 Å². The molecule has 3 nitrogen and oxygen atoms in total. The quantitative estimate of drug-likeness (QED) is 0.801. The molecule has 2 rings (SSSR count). The van der Waals surface area contributed by atoms with E-state index in [0.717, 1.165) is 23.1 Å². The second kappa shape index (κ2) is 5.95. The zero-order chi connectivity index (χ0) is 13.1. The molecule has 0 amide bonds. The minimum atomic E-state index is 0.157. The fourth-order valence-electron chi connectivity index (χ4n) is 2.37. The second-order valence-corrected chi connectivity index (χ2v) is 5.69. The minimum Gasteiger partial charge on any atom is -0.377 e. The summed E-state index contributed by atoms with van der Waals surface area (Å²) in [5.74, 6) is 0.157. The number of Topliss-reactive ketones (excluding diaryl/α,β-unsaturated/α-hetero) is 1. The number of likely N-dealkylation sites (N-methyl/N-ethyl adjacent to an activating group) is 1.